The van der Waals surface area contributed by atoms with Crippen LogP contribution in [0.1, 0.15) is 33.4 Å². The molecule has 2 fully saturated rings. The summed E-state index contributed by atoms with van der Waals surface area (Å²) in [5.74, 6) is 0. The van der Waals surface area contributed by atoms with Crippen LogP contribution in [0, 0.1) is 0 Å². The summed E-state index contributed by atoms with van der Waals surface area (Å²) in [5, 5.41) is 24.0. The van der Waals surface area contributed by atoms with Gasteiger partial charge in [-0.2, -0.15) is 0 Å². The van der Waals surface area contributed by atoms with Crippen molar-refractivity contribution in [3.8, 4) is 0 Å². The van der Waals surface area contributed by atoms with Crippen LogP contribution in [0.3, 0.4) is 0 Å². The minimum Gasteiger partial charge on any atom is -0.385 e. The molecule has 0 radical (unpaired) electrons. The zero-order valence-corrected chi connectivity index (χ0v) is 36.3. The Labute approximate surface area is 381 Å². The number of rotatable bonds is 22. The minimum absolute atomic E-state index is 0.114. The molecule has 10 atom stereocenters. The summed E-state index contributed by atoms with van der Waals surface area (Å²) < 4.78 is 58.8. The van der Waals surface area contributed by atoms with Crippen molar-refractivity contribution in [3.05, 3.63) is 215 Å². The molecule has 2 saturated heterocycles. The van der Waals surface area contributed by atoms with E-state index in [0.29, 0.717) is 6.61 Å². The van der Waals surface area contributed by atoms with Gasteiger partial charge in [0.15, 0.2) is 12.6 Å². The van der Waals surface area contributed by atoms with Gasteiger partial charge in [-0.3, -0.25) is 0 Å². The Bertz CT molecular complexity index is 2210. The van der Waals surface area contributed by atoms with Crippen LogP contribution in [-0.2, 0) is 82.3 Å². The van der Waals surface area contributed by atoms with Crippen molar-refractivity contribution >= 4 is 0 Å². The fourth-order valence-corrected chi connectivity index (χ4v) is 8.05. The zero-order chi connectivity index (χ0) is 44.5. The lowest BCUT2D eigenvalue weighted by atomic mass is 9.97. The molecule has 2 heterocycles. The summed E-state index contributed by atoms with van der Waals surface area (Å²) in [4.78, 5) is 0. The third kappa shape index (κ3) is 13.5. The van der Waals surface area contributed by atoms with Crippen molar-refractivity contribution in [3.63, 3.8) is 0 Å². The van der Waals surface area contributed by atoms with E-state index in [1.165, 1.54) is 0 Å². The number of benzene rings is 6. The molecule has 340 valence electrons. The average Bonchev–Trinajstić information content (AvgIpc) is 3.36. The summed E-state index contributed by atoms with van der Waals surface area (Å²) in [6, 6.07) is 58.8. The van der Waals surface area contributed by atoms with E-state index in [4.69, 9.17) is 42.6 Å². The molecule has 2 aliphatic rings. The topological polar surface area (TPSA) is 124 Å². The number of aliphatic hydroxyl groups is 2. The van der Waals surface area contributed by atoms with E-state index in [1.54, 1.807) is 0 Å². The predicted molar refractivity (Wildman–Crippen MR) is 243 cm³/mol. The number of hydrogen-bond donors (Lipinski definition) is 2. The second-order valence-corrected chi connectivity index (χ2v) is 16.2. The summed E-state index contributed by atoms with van der Waals surface area (Å²) in [7, 11) is 0. The normalized spacial score (nSPS) is 25.6. The lowest BCUT2D eigenvalue weighted by molar-refractivity contribution is -0.344. The van der Waals surface area contributed by atoms with Crippen molar-refractivity contribution in [1.82, 2.24) is 0 Å². The van der Waals surface area contributed by atoms with Crippen molar-refractivity contribution in [2.45, 2.75) is 101 Å². The average molecular weight is 883 g/mol. The molecule has 0 aliphatic carbocycles. The summed E-state index contributed by atoms with van der Waals surface area (Å²) in [6.45, 7) is 1.39. The standard InChI is InChI=1S/C54H58O11/c55-47-50(60-34-42-25-13-4-14-26-42)48(58-32-40-21-9-2-10-22-40)45(37-57-31-39-19-7-1-8-20-39)65-54(47)63-38-46-49(59-33-41-23-11-3-12-24-41)51(61-35-43-27-15-5-16-28-43)52(53(56)64-46)62-36-44-29-17-6-18-30-44/h1-30,45-56H,31-38H2/t45-,46-,47+,48-,49-,50+,51+,52-,53+,54-/m1/s1. The molecule has 2 aliphatic heterocycles. The highest BCUT2D eigenvalue weighted by atomic mass is 16.7. The molecule has 11 nitrogen and oxygen atoms in total. The van der Waals surface area contributed by atoms with E-state index in [-0.39, 0.29) is 46.2 Å². The first-order valence-corrected chi connectivity index (χ1v) is 22.3. The summed E-state index contributed by atoms with van der Waals surface area (Å²) in [5.41, 5.74) is 5.68. The Morgan fingerprint density at radius 2 is 0.646 bits per heavy atom. The van der Waals surface area contributed by atoms with Gasteiger partial charge in [0.1, 0.15) is 48.8 Å². The fourth-order valence-electron chi connectivity index (χ4n) is 8.05. The van der Waals surface area contributed by atoms with Gasteiger partial charge in [-0.1, -0.05) is 182 Å². The first kappa shape index (κ1) is 46.4. The molecule has 0 amide bonds. The fraction of sp³-hybridized carbons (Fsp3) is 0.333. The van der Waals surface area contributed by atoms with Crippen LogP contribution in [0.4, 0.5) is 0 Å². The molecular weight excluding hydrogens is 825 g/mol. The van der Waals surface area contributed by atoms with E-state index in [1.807, 2.05) is 182 Å². The molecule has 0 unspecified atom stereocenters. The third-order valence-corrected chi connectivity index (χ3v) is 11.5. The maximum absolute atomic E-state index is 12.2. The Morgan fingerprint density at radius 3 is 1.06 bits per heavy atom. The molecule has 0 aromatic heterocycles. The maximum atomic E-state index is 12.2. The van der Waals surface area contributed by atoms with Crippen LogP contribution in [0.5, 0.6) is 0 Å². The Balaban J connectivity index is 1.05. The van der Waals surface area contributed by atoms with Gasteiger partial charge in [-0.25, -0.2) is 0 Å². The number of ether oxygens (including phenoxy) is 9. The van der Waals surface area contributed by atoms with Crippen molar-refractivity contribution < 1.29 is 52.8 Å². The zero-order valence-electron chi connectivity index (χ0n) is 36.3. The first-order valence-electron chi connectivity index (χ1n) is 22.3. The van der Waals surface area contributed by atoms with Crippen LogP contribution >= 0.6 is 0 Å². The molecule has 6 aromatic rings. The van der Waals surface area contributed by atoms with Gasteiger partial charge in [0.25, 0.3) is 0 Å². The molecule has 6 aromatic carbocycles. The van der Waals surface area contributed by atoms with Gasteiger partial charge in [-0.15, -0.1) is 0 Å². The predicted octanol–water partition coefficient (Wildman–Crippen LogP) is 7.95. The monoisotopic (exact) mass is 882 g/mol. The number of aliphatic hydroxyl groups excluding tert-OH is 2. The van der Waals surface area contributed by atoms with E-state index in [0.717, 1.165) is 33.4 Å². The highest BCUT2D eigenvalue weighted by Gasteiger charge is 2.51. The molecule has 0 spiro atoms. The first-order chi connectivity index (χ1) is 32.1. The Hall–Kier alpha value is -5.12. The van der Waals surface area contributed by atoms with Crippen LogP contribution in [0.25, 0.3) is 0 Å². The lowest BCUT2D eigenvalue weighted by Gasteiger charge is -2.46. The van der Waals surface area contributed by atoms with Crippen molar-refractivity contribution in [2.24, 2.45) is 0 Å². The van der Waals surface area contributed by atoms with E-state index < -0.39 is 61.4 Å². The molecule has 0 bridgehead atoms. The van der Waals surface area contributed by atoms with Crippen molar-refractivity contribution in [1.29, 1.82) is 0 Å². The Morgan fingerprint density at radius 1 is 0.323 bits per heavy atom. The van der Waals surface area contributed by atoms with Gasteiger partial charge in [0, 0.05) is 0 Å². The van der Waals surface area contributed by atoms with Gasteiger partial charge in [-0.05, 0) is 33.4 Å². The van der Waals surface area contributed by atoms with Crippen molar-refractivity contribution in [2.75, 3.05) is 13.2 Å². The van der Waals surface area contributed by atoms with Gasteiger partial charge in [0.2, 0.25) is 0 Å². The Kier molecular flexibility index (Phi) is 17.4. The molecule has 0 saturated carbocycles. The number of hydrogen-bond acceptors (Lipinski definition) is 11. The highest BCUT2D eigenvalue weighted by Crippen LogP contribution is 2.33. The maximum Gasteiger partial charge on any atom is 0.186 e. The van der Waals surface area contributed by atoms with Crippen LogP contribution < -0.4 is 0 Å². The second-order valence-electron chi connectivity index (χ2n) is 16.2. The smallest absolute Gasteiger partial charge is 0.186 e. The quantitative estimate of drug-likeness (QED) is 0.0691. The minimum atomic E-state index is -1.42. The molecule has 65 heavy (non-hydrogen) atoms. The molecule has 8 rings (SSSR count). The third-order valence-electron chi connectivity index (χ3n) is 11.5. The van der Waals surface area contributed by atoms with Crippen LogP contribution in [0.2, 0.25) is 0 Å². The van der Waals surface area contributed by atoms with Gasteiger partial charge >= 0.3 is 0 Å². The summed E-state index contributed by atoms with van der Waals surface area (Å²) >= 11 is 0. The molecule has 2 N–H and O–H groups in total. The second kappa shape index (κ2) is 24.4. The molecular formula is C54H58O11. The highest BCUT2D eigenvalue weighted by molar-refractivity contribution is 5.18. The van der Waals surface area contributed by atoms with E-state index in [9.17, 15) is 10.2 Å². The lowest BCUT2D eigenvalue weighted by Crippen LogP contribution is -2.63. The van der Waals surface area contributed by atoms with Gasteiger partial charge < -0.3 is 52.8 Å². The van der Waals surface area contributed by atoms with E-state index in [2.05, 4.69) is 0 Å². The van der Waals surface area contributed by atoms with E-state index >= 15 is 0 Å². The van der Waals surface area contributed by atoms with Crippen LogP contribution in [0.15, 0.2) is 182 Å². The largest absolute Gasteiger partial charge is 0.385 e. The summed E-state index contributed by atoms with van der Waals surface area (Å²) in [6.07, 6.45) is -9.77. The van der Waals surface area contributed by atoms with Crippen LogP contribution in [-0.4, -0.2) is 84.8 Å². The SMILES string of the molecule is O[C@@H]1[C@H](OC[C@H]2O[C@H](O)[C@H](OCc3ccccc3)[C@@H](OCc3ccccc3)[C@@H]2OCc2ccccc2)O[C@H](COCc2ccccc2)[C@@H](OCc2ccccc2)[C@H]1OCc1ccccc1. The van der Waals surface area contributed by atoms with Gasteiger partial charge in [0.05, 0.1) is 52.9 Å². The molecule has 11 heteroatoms.